The van der Waals surface area contributed by atoms with Crippen molar-refractivity contribution < 1.29 is 14.3 Å². The van der Waals surface area contributed by atoms with Gasteiger partial charge < -0.3 is 4.74 Å². The number of hydrogen-bond acceptors (Lipinski definition) is 5. The van der Waals surface area contributed by atoms with E-state index in [9.17, 15) is 9.59 Å². The molecule has 74 valence electrons. The third-order valence-electron chi connectivity index (χ3n) is 1.36. The first-order chi connectivity index (χ1) is 6.65. The van der Waals surface area contributed by atoms with Crippen LogP contribution in [0.5, 0.6) is 0 Å². The summed E-state index contributed by atoms with van der Waals surface area (Å²) >= 11 is 0. The van der Waals surface area contributed by atoms with E-state index in [4.69, 9.17) is 5.41 Å². The fourth-order valence-corrected chi connectivity index (χ4v) is 0.704. The van der Waals surface area contributed by atoms with Gasteiger partial charge in [-0.25, -0.2) is 4.98 Å². The molecular formula is C7H8N4O3. The lowest BCUT2D eigenvalue weighted by Crippen LogP contribution is -2.38. The van der Waals surface area contributed by atoms with Gasteiger partial charge in [-0.05, 0) is 0 Å². The molecule has 0 aliphatic carbocycles. The Kier molecular flexibility index (Phi) is 2.95. The number of aromatic nitrogens is 2. The number of amides is 1. The molecule has 0 aliphatic rings. The van der Waals surface area contributed by atoms with Gasteiger partial charge in [-0.15, -0.1) is 0 Å². The summed E-state index contributed by atoms with van der Waals surface area (Å²) in [6, 6.07) is -0.483. The maximum absolute atomic E-state index is 11.2. The van der Waals surface area contributed by atoms with Gasteiger partial charge in [-0.1, -0.05) is 0 Å². The highest BCUT2D eigenvalue weighted by Crippen LogP contribution is 1.86. The molecule has 14 heavy (non-hydrogen) atoms. The molecule has 7 nitrogen and oxygen atoms in total. The monoisotopic (exact) mass is 196 g/mol. The lowest BCUT2D eigenvalue weighted by molar-refractivity contribution is -0.116. The summed E-state index contributed by atoms with van der Waals surface area (Å²) in [6.07, 6.45) is 3.89. The summed E-state index contributed by atoms with van der Waals surface area (Å²) < 4.78 is 5.36. The van der Waals surface area contributed by atoms with Crippen molar-refractivity contribution in [3.05, 3.63) is 18.7 Å². The quantitative estimate of drug-likeness (QED) is 0.323. The van der Waals surface area contributed by atoms with Crippen LogP contribution in [0, 0.1) is 5.41 Å². The van der Waals surface area contributed by atoms with Crippen LogP contribution < -0.4 is 5.32 Å². The molecular weight excluding hydrogens is 188 g/mol. The van der Waals surface area contributed by atoms with Crippen LogP contribution >= 0.6 is 0 Å². The van der Waals surface area contributed by atoms with Gasteiger partial charge in [0.15, 0.2) is 0 Å². The summed E-state index contributed by atoms with van der Waals surface area (Å²) in [5, 5.41) is 8.90. The Labute approximate surface area is 79.2 Å². The Hall–Kier alpha value is -2.18. The number of methoxy groups -OCH3 is 1. The van der Waals surface area contributed by atoms with E-state index in [-0.39, 0.29) is 0 Å². The SMILES string of the molecule is COC(=N)NC(=O)C(=O)n1ccnc1. The molecule has 0 bridgehead atoms. The number of nitrogens with zero attached hydrogens (tertiary/aromatic N) is 2. The normalized spacial score (nSPS) is 9.21. The second-order valence-electron chi connectivity index (χ2n) is 2.26. The van der Waals surface area contributed by atoms with Crippen molar-refractivity contribution in [2.75, 3.05) is 7.11 Å². The van der Waals surface area contributed by atoms with Crippen molar-refractivity contribution in [3.63, 3.8) is 0 Å². The fraction of sp³-hybridized carbons (Fsp3) is 0.143. The summed E-state index contributed by atoms with van der Waals surface area (Å²) in [6.45, 7) is 0. The van der Waals surface area contributed by atoms with Crippen LogP contribution in [0.1, 0.15) is 4.79 Å². The molecule has 0 saturated heterocycles. The molecule has 7 heteroatoms. The zero-order valence-corrected chi connectivity index (χ0v) is 7.35. The molecule has 2 N–H and O–H groups in total. The Balaban J connectivity index is 2.63. The predicted octanol–water partition coefficient (Wildman–Crippen LogP) is -0.779. The van der Waals surface area contributed by atoms with Crippen molar-refractivity contribution in [2.45, 2.75) is 0 Å². The van der Waals surface area contributed by atoms with Crippen molar-refractivity contribution in [3.8, 4) is 0 Å². The average molecular weight is 196 g/mol. The largest absolute Gasteiger partial charge is 0.468 e. The van der Waals surface area contributed by atoms with Crippen molar-refractivity contribution in [1.82, 2.24) is 14.9 Å². The number of rotatable bonds is 0. The number of carbonyl (C=O) groups excluding carboxylic acids is 2. The number of ether oxygens (including phenoxy) is 1. The Morgan fingerprint density at radius 3 is 2.79 bits per heavy atom. The first kappa shape index (κ1) is 9.90. The molecule has 1 aromatic rings. The van der Waals surface area contributed by atoms with Crippen LogP contribution in [0.4, 0.5) is 0 Å². The van der Waals surface area contributed by atoms with E-state index in [1.165, 1.54) is 25.8 Å². The zero-order valence-electron chi connectivity index (χ0n) is 7.35. The van der Waals surface area contributed by atoms with Gasteiger partial charge in [-0.3, -0.25) is 24.9 Å². The van der Waals surface area contributed by atoms with Crippen LogP contribution in [0.3, 0.4) is 0 Å². The third kappa shape index (κ3) is 2.16. The minimum absolute atomic E-state index is 0.483. The number of amidine groups is 1. The topological polar surface area (TPSA) is 97.1 Å². The molecule has 0 radical (unpaired) electrons. The smallest absolute Gasteiger partial charge is 0.321 e. The maximum atomic E-state index is 11.2. The van der Waals surface area contributed by atoms with Crippen LogP contribution in [-0.2, 0) is 9.53 Å². The summed E-state index contributed by atoms with van der Waals surface area (Å²) in [5.41, 5.74) is 0. The van der Waals surface area contributed by atoms with E-state index >= 15 is 0 Å². The highest BCUT2D eigenvalue weighted by atomic mass is 16.5. The molecule has 1 heterocycles. The molecule has 1 aromatic heterocycles. The second kappa shape index (κ2) is 4.17. The lowest BCUT2D eigenvalue weighted by atomic mass is 10.5. The molecule has 0 saturated carbocycles. The highest BCUT2D eigenvalue weighted by Gasteiger charge is 2.16. The number of carbonyl (C=O) groups is 2. The van der Waals surface area contributed by atoms with E-state index in [1.807, 2.05) is 5.32 Å². The summed E-state index contributed by atoms with van der Waals surface area (Å²) in [7, 11) is 1.21. The third-order valence-corrected chi connectivity index (χ3v) is 1.36. The van der Waals surface area contributed by atoms with Gasteiger partial charge in [0.25, 0.3) is 6.02 Å². The van der Waals surface area contributed by atoms with Gasteiger partial charge in [0.1, 0.15) is 6.33 Å². The zero-order chi connectivity index (χ0) is 10.6. The fourth-order valence-electron chi connectivity index (χ4n) is 0.704. The molecule has 0 aromatic carbocycles. The number of imidazole rings is 1. The van der Waals surface area contributed by atoms with Crippen molar-refractivity contribution in [1.29, 1.82) is 5.41 Å². The number of nitrogens with one attached hydrogen (secondary N) is 2. The molecule has 0 aliphatic heterocycles. The van der Waals surface area contributed by atoms with Crippen LogP contribution in [0.15, 0.2) is 18.7 Å². The second-order valence-corrected chi connectivity index (χ2v) is 2.26. The standard InChI is InChI=1S/C7H8N4O3/c1-14-7(8)10-5(12)6(13)11-3-2-9-4-11/h2-4H,1H3,(H2,8,10,12). The maximum Gasteiger partial charge on any atom is 0.321 e. The van der Waals surface area contributed by atoms with E-state index < -0.39 is 17.8 Å². The first-order valence-electron chi connectivity index (χ1n) is 3.61. The van der Waals surface area contributed by atoms with Gasteiger partial charge in [-0.2, -0.15) is 0 Å². The molecule has 0 spiro atoms. The van der Waals surface area contributed by atoms with Gasteiger partial charge in [0.2, 0.25) is 0 Å². The minimum Gasteiger partial charge on any atom is -0.468 e. The van der Waals surface area contributed by atoms with Crippen LogP contribution in [-0.4, -0.2) is 34.5 Å². The number of hydrogen-bond donors (Lipinski definition) is 2. The first-order valence-corrected chi connectivity index (χ1v) is 3.61. The molecule has 0 atom stereocenters. The minimum atomic E-state index is -0.949. The Morgan fingerprint density at radius 1 is 1.57 bits per heavy atom. The summed E-state index contributed by atoms with van der Waals surface area (Å²) in [4.78, 5) is 25.9. The molecule has 0 fully saturated rings. The van der Waals surface area contributed by atoms with Crippen LogP contribution in [0.2, 0.25) is 0 Å². The highest BCUT2D eigenvalue weighted by molar-refractivity contribution is 6.38. The lowest BCUT2D eigenvalue weighted by Gasteiger charge is -2.03. The van der Waals surface area contributed by atoms with Gasteiger partial charge in [0.05, 0.1) is 7.11 Å². The van der Waals surface area contributed by atoms with Crippen LogP contribution in [0.25, 0.3) is 0 Å². The van der Waals surface area contributed by atoms with Crippen molar-refractivity contribution in [2.24, 2.45) is 0 Å². The van der Waals surface area contributed by atoms with E-state index in [2.05, 4.69) is 9.72 Å². The van der Waals surface area contributed by atoms with E-state index in [1.54, 1.807) is 0 Å². The molecule has 1 rings (SSSR count). The van der Waals surface area contributed by atoms with E-state index in [0.29, 0.717) is 0 Å². The molecule has 1 amide bonds. The van der Waals surface area contributed by atoms with Gasteiger partial charge >= 0.3 is 11.8 Å². The van der Waals surface area contributed by atoms with E-state index in [0.717, 1.165) is 4.57 Å². The Bertz CT molecular complexity index is 357. The van der Waals surface area contributed by atoms with Crippen molar-refractivity contribution >= 4 is 17.8 Å². The average Bonchev–Trinajstić information content (AvgIpc) is 2.69. The predicted molar refractivity (Wildman–Crippen MR) is 45.7 cm³/mol. The van der Waals surface area contributed by atoms with Gasteiger partial charge in [0, 0.05) is 12.4 Å². The summed E-state index contributed by atoms with van der Waals surface area (Å²) in [5.74, 6) is -1.78. The molecule has 0 unspecified atom stereocenters. The Morgan fingerprint density at radius 2 is 2.29 bits per heavy atom.